The van der Waals surface area contributed by atoms with Gasteiger partial charge >= 0.3 is 11.9 Å². The van der Waals surface area contributed by atoms with E-state index >= 15 is 0 Å². The van der Waals surface area contributed by atoms with Crippen LogP contribution in [0.2, 0.25) is 0 Å². The van der Waals surface area contributed by atoms with Crippen LogP contribution in [-0.4, -0.2) is 27.8 Å². The summed E-state index contributed by atoms with van der Waals surface area (Å²) in [6, 6.07) is 9.08. The molecule has 1 atom stereocenters. The zero-order valence-electron chi connectivity index (χ0n) is 11.1. The molecule has 1 aliphatic rings. The minimum absolute atomic E-state index is 0.0526. The van der Waals surface area contributed by atoms with E-state index < -0.39 is 17.5 Å². The fourth-order valence-electron chi connectivity index (χ4n) is 1.88. The van der Waals surface area contributed by atoms with Crippen molar-refractivity contribution in [2.45, 2.75) is 18.6 Å². The lowest BCUT2D eigenvalue weighted by atomic mass is 9.90. The lowest BCUT2D eigenvalue weighted by Crippen LogP contribution is -2.42. The first-order chi connectivity index (χ1) is 10.0. The summed E-state index contributed by atoms with van der Waals surface area (Å²) in [7, 11) is 0. The fraction of sp³-hybridized carbons (Fsp3) is 0.200. The molecule has 6 heteroatoms. The largest absolute Gasteiger partial charge is 0.479 e. The Balaban J connectivity index is 2.03. The number of rotatable bonds is 6. The van der Waals surface area contributed by atoms with Gasteiger partial charge in [-0.3, -0.25) is 0 Å². The predicted octanol–water partition coefficient (Wildman–Crippen LogP) is 1.93. The van der Waals surface area contributed by atoms with Crippen molar-refractivity contribution >= 4 is 11.9 Å². The average molecular weight is 290 g/mol. The van der Waals surface area contributed by atoms with Gasteiger partial charge in [-0.25, -0.2) is 19.4 Å². The van der Waals surface area contributed by atoms with Crippen molar-refractivity contribution in [2.75, 3.05) is 0 Å². The molecule has 6 nitrogen and oxygen atoms in total. The number of carboxylic acids is 2. The van der Waals surface area contributed by atoms with Gasteiger partial charge in [-0.1, -0.05) is 42.5 Å². The summed E-state index contributed by atoms with van der Waals surface area (Å²) >= 11 is 0. The van der Waals surface area contributed by atoms with Gasteiger partial charge < -0.3 is 10.2 Å². The van der Waals surface area contributed by atoms with Crippen molar-refractivity contribution in [3.63, 3.8) is 0 Å². The predicted molar refractivity (Wildman–Crippen MR) is 72.2 cm³/mol. The molecule has 1 unspecified atom stereocenters. The summed E-state index contributed by atoms with van der Waals surface area (Å²) in [4.78, 5) is 32.4. The van der Waals surface area contributed by atoms with Crippen LogP contribution in [0.1, 0.15) is 12.0 Å². The average Bonchev–Trinajstić information content (AvgIpc) is 2.48. The molecule has 0 bridgehead atoms. The second-order valence-corrected chi connectivity index (χ2v) is 4.56. The number of benzene rings is 1. The van der Waals surface area contributed by atoms with Crippen LogP contribution in [0.5, 0.6) is 0 Å². The first-order valence-corrected chi connectivity index (χ1v) is 6.23. The van der Waals surface area contributed by atoms with Crippen LogP contribution >= 0.6 is 0 Å². The summed E-state index contributed by atoms with van der Waals surface area (Å²) in [6.07, 6.45) is 3.65. The SMILES string of the molecule is O=C(O)C1=CC=CC(OOCc2ccccc2)(C(=O)O)C1. The van der Waals surface area contributed by atoms with Gasteiger partial charge in [-0.05, 0) is 11.6 Å². The van der Waals surface area contributed by atoms with Gasteiger partial charge in [-0.2, -0.15) is 0 Å². The van der Waals surface area contributed by atoms with Crippen molar-refractivity contribution in [3.05, 3.63) is 59.7 Å². The van der Waals surface area contributed by atoms with Crippen LogP contribution < -0.4 is 0 Å². The lowest BCUT2D eigenvalue weighted by molar-refractivity contribution is -0.350. The van der Waals surface area contributed by atoms with Crippen LogP contribution in [0.4, 0.5) is 0 Å². The molecule has 0 aromatic heterocycles. The van der Waals surface area contributed by atoms with E-state index in [9.17, 15) is 14.7 Å². The van der Waals surface area contributed by atoms with Crippen LogP contribution in [-0.2, 0) is 26.0 Å². The number of carboxylic acid groups (broad SMARTS) is 2. The summed E-state index contributed by atoms with van der Waals surface area (Å²) in [5, 5.41) is 18.3. The molecule has 0 fully saturated rings. The van der Waals surface area contributed by atoms with E-state index in [2.05, 4.69) is 0 Å². The Hall–Kier alpha value is -2.44. The quantitative estimate of drug-likeness (QED) is 0.614. The molecule has 21 heavy (non-hydrogen) atoms. The maximum atomic E-state index is 11.4. The van der Waals surface area contributed by atoms with Gasteiger partial charge in [0, 0.05) is 12.0 Å². The number of hydrogen-bond acceptors (Lipinski definition) is 4. The van der Waals surface area contributed by atoms with Crippen LogP contribution in [0, 0.1) is 0 Å². The second-order valence-electron chi connectivity index (χ2n) is 4.56. The molecule has 0 spiro atoms. The molecular weight excluding hydrogens is 276 g/mol. The molecular formula is C15H14O6. The fourth-order valence-corrected chi connectivity index (χ4v) is 1.88. The summed E-state index contributed by atoms with van der Waals surface area (Å²) < 4.78 is 0. The Morgan fingerprint density at radius 1 is 1.19 bits per heavy atom. The Labute approximate surface area is 120 Å². The van der Waals surface area contributed by atoms with Crippen LogP contribution in [0.15, 0.2) is 54.1 Å². The normalized spacial score (nSPS) is 20.9. The highest BCUT2D eigenvalue weighted by Crippen LogP contribution is 2.28. The highest BCUT2D eigenvalue weighted by atomic mass is 17.2. The third kappa shape index (κ3) is 3.56. The molecule has 0 radical (unpaired) electrons. The topological polar surface area (TPSA) is 93.1 Å². The minimum Gasteiger partial charge on any atom is -0.479 e. The molecule has 1 aromatic rings. The molecule has 0 heterocycles. The Bertz CT molecular complexity index is 589. The van der Waals surface area contributed by atoms with Gasteiger partial charge in [0.25, 0.3) is 0 Å². The van der Waals surface area contributed by atoms with Crippen molar-refractivity contribution in [1.82, 2.24) is 0 Å². The van der Waals surface area contributed by atoms with Crippen molar-refractivity contribution in [1.29, 1.82) is 0 Å². The minimum atomic E-state index is -1.82. The van der Waals surface area contributed by atoms with E-state index in [0.717, 1.165) is 5.56 Å². The second kappa shape index (κ2) is 6.34. The van der Waals surface area contributed by atoms with Crippen molar-refractivity contribution < 1.29 is 29.6 Å². The monoisotopic (exact) mass is 290 g/mol. The first-order valence-electron chi connectivity index (χ1n) is 6.23. The molecule has 0 aliphatic heterocycles. The van der Waals surface area contributed by atoms with E-state index in [1.54, 1.807) is 12.1 Å². The number of hydrogen-bond donors (Lipinski definition) is 2. The zero-order valence-corrected chi connectivity index (χ0v) is 11.1. The summed E-state index contributed by atoms with van der Waals surface area (Å²) in [5.74, 6) is -2.49. The third-order valence-electron chi connectivity index (χ3n) is 3.03. The third-order valence-corrected chi connectivity index (χ3v) is 3.03. The number of carbonyl (C=O) groups is 2. The highest BCUT2D eigenvalue weighted by molar-refractivity contribution is 5.91. The van der Waals surface area contributed by atoms with Crippen LogP contribution in [0.25, 0.3) is 0 Å². The highest BCUT2D eigenvalue weighted by Gasteiger charge is 2.42. The summed E-state index contributed by atoms with van der Waals surface area (Å²) in [6.45, 7) is 0.0653. The summed E-state index contributed by atoms with van der Waals surface area (Å²) in [5.41, 5.74) is -1.06. The lowest BCUT2D eigenvalue weighted by Gasteiger charge is -2.26. The Morgan fingerprint density at radius 2 is 1.90 bits per heavy atom. The standard InChI is InChI=1S/C15H14O6/c16-13(17)12-7-4-8-15(9-12,14(18)19)21-20-10-11-5-2-1-3-6-11/h1-8H,9-10H2,(H,16,17)(H,18,19). The van der Waals surface area contributed by atoms with E-state index in [0.29, 0.717) is 0 Å². The zero-order chi connectivity index (χ0) is 15.3. The Morgan fingerprint density at radius 3 is 2.52 bits per heavy atom. The molecule has 2 N–H and O–H groups in total. The molecule has 0 saturated carbocycles. The van der Waals surface area contributed by atoms with Gasteiger partial charge in [0.2, 0.25) is 5.60 Å². The van der Waals surface area contributed by atoms with Gasteiger partial charge in [-0.15, -0.1) is 0 Å². The number of aliphatic carboxylic acids is 2. The Kier molecular flexibility index (Phi) is 4.52. The van der Waals surface area contributed by atoms with E-state index in [4.69, 9.17) is 14.9 Å². The molecule has 2 rings (SSSR count). The molecule has 0 saturated heterocycles. The number of allylic oxidation sites excluding steroid dienone is 2. The maximum Gasteiger partial charge on any atom is 0.343 e. The molecule has 1 aromatic carbocycles. The van der Waals surface area contributed by atoms with Crippen molar-refractivity contribution in [2.24, 2.45) is 0 Å². The van der Waals surface area contributed by atoms with E-state index in [1.165, 1.54) is 18.2 Å². The molecule has 0 amide bonds. The smallest absolute Gasteiger partial charge is 0.343 e. The van der Waals surface area contributed by atoms with Gasteiger partial charge in [0.15, 0.2) is 0 Å². The van der Waals surface area contributed by atoms with Crippen molar-refractivity contribution in [3.8, 4) is 0 Å². The molecule has 110 valence electrons. The van der Waals surface area contributed by atoms with Crippen LogP contribution in [0.3, 0.4) is 0 Å². The van der Waals surface area contributed by atoms with E-state index in [-0.39, 0.29) is 18.6 Å². The van der Waals surface area contributed by atoms with Gasteiger partial charge in [0.1, 0.15) is 6.61 Å². The molecule has 1 aliphatic carbocycles. The maximum absolute atomic E-state index is 11.4. The van der Waals surface area contributed by atoms with Gasteiger partial charge in [0.05, 0.1) is 0 Å². The first kappa shape index (κ1) is 15.0. The van der Waals surface area contributed by atoms with E-state index in [1.807, 2.05) is 18.2 Å².